The van der Waals surface area contributed by atoms with Gasteiger partial charge in [0.05, 0.1) is 12.1 Å². The molecule has 0 saturated carbocycles. The lowest BCUT2D eigenvalue weighted by molar-refractivity contribution is -0.143. The third kappa shape index (κ3) is 11.4. The van der Waals surface area contributed by atoms with Crippen LogP contribution in [0.3, 0.4) is 0 Å². The Morgan fingerprint density at radius 1 is 0.962 bits per heavy atom. The van der Waals surface area contributed by atoms with Crippen LogP contribution in [0.5, 0.6) is 11.5 Å². The van der Waals surface area contributed by atoms with Gasteiger partial charge in [-0.1, -0.05) is 32.4 Å². The molecule has 52 heavy (non-hydrogen) atoms. The van der Waals surface area contributed by atoms with E-state index in [1.165, 1.54) is 11.9 Å². The summed E-state index contributed by atoms with van der Waals surface area (Å²) in [6.45, 7) is 4.62. The average Bonchev–Trinajstić information content (AvgIpc) is 3.13. The summed E-state index contributed by atoms with van der Waals surface area (Å²) in [5, 5.41) is 12.0. The molecule has 7 N–H and O–H groups in total. The lowest BCUT2D eigenvalue weighted by Gasteiger charge is -2.32. The second-order valence-electron chi connectivity index (χ2n) is 13.3. The minimum absolute atomic E-state index is 0.00701. The van der Waals surface area contributed by atoms with Crippen molar-refractivity contribution in [1.82, 2.24) is 10.2 Å². The fourth-order valence-electron chi connectivity index (χ4n) is 6.39. The van der Waals surface area contributed by atoms with E-state index in [0.29, 0.717) is 46.6 Å². The van der Waals surface area contributed by atoms with E-state index in [9.17, 15) is 24.0 Å². The Labute approximate surface area is 306 Å². The minimum atomic E-state index is -1.15. The highest BCUT2D eigenvalue weighted by Gasteiger charge is 2.36. The Morgan fingerprint density at radius 3 is 2.23 bits per heavy atom. The van der Waals surface area contributed by atoms with Crippen molar-refractivity contribution in [3.63, 3.8) is 0 Å². The number of nitriles is 1. The van der Waals surface area contributed by atoms with Crippen molar-refractivity contribution < 1.29 is 33.4 Å². The normalized spacial score (nSPS) is 18.0. The monoisotopic (exact) mass is 718 g/mol. The topological polar surface area (TPSA) is 221 Å². The van der Waals surface area contributed by atoms with Gasteiger partial charge in [0.1, 0.15) is 36.5 Å². The standard InChI is InChI=1S/C39H54N6O7/c1-4-5-7-29(46)23-28(13-15-41)39(50)45(3)37-27-10-12-36(52-19-17-43)31(24-27)30-21-26(9-11-35(30)51-18-16-42)22-32(33(47)8-6-14-40)44-38(49)25(2)20-34(37)48/h9-12,21,24-25,28,32,37H,4-8,13,15-20,22-23,41-43H2,1-3H3,(H,44,49)/t25-,28-,32+,37+/m1/s1. The molecule has 1 heterocycles. The third-order valence-electron chi connectivity index (χ3n) is 9.17. The molecule has 13 heteroatoms. The molecule has 2 aromatic carbocycles. The molecule has 0 aliphatic carbocycles. The van der Waals surface area contributed by atoms with E-state index >= 15 is 0 Å². The van der Waals surface area contributed by atoms with Gasteiger partial charge in [-0.3, -0.25) is 24.0 Å². The molecule has 13 nitrogen and oxygen atoms in total. The quantitative estimate of drug-likeness (QED) is 0.175. The highest BCUT2D eigenvalue weighted by atomic mass is 16.5. The van der Waals surface area contributed by atoms with Gasteiger partial charge in [0.25, 0.3) is 0 Å². The number of rotatable bonds is 18. The number of nitrogens with zero attached hydrogens (tertiary/aromatic N) is 2. The van der Waals surface area contributed by atoms with E-state index in [1.54, 1.807) is 37.3 Å². The molecule has 2 amide bonds. The van der Waals surface area contributed by atoms with Crippen molar-refractivity contribution in [3.05, 3.63) is 47.5 Å². The number of unbranched alkanes of at least 4 members (excludes halogenated alkanes) is 1. The van der Waals surface area contributed by atoms with Crippen LogP contribution in [0.15, 0.2) is 36.4 Å². The molecule has 3 rings (SSSR count). The van der Waals surface area contributed by atoms with Crippen molar-refractivity contribution in [2.24, 2.45) is 29.0 Å². The molecule has 0 fully saturated rings. The number of carbonyl (C=O) groups excluding carboxylic acids is 5. The van der Waals surface area contributed by atoms with Crippen LogP contribution in [-0.2, 0) is 30.4 Å². The zero-order valence-corrected chi connectivity index (χ0v) is 30.7. The van der Waals surface area contributed by atoms with Crippen molar-refractivity contribution in [3.8, 4) is 28.7 Å². The number of ketones is 3. The number of ether oxygens (including phenoxy) is 2. The van der Waals surface area contributed by atoms with Gasteiger partial charge < -0.3 is 36.9 Å². The zero-order chi connectivity index (χ0) is 38.2. The summed E-state index contributed by atoms with van der Waals surface area (Å²) in [7, 11) is 1.53. The van der Waals surface area contributed by atoms with Crippen LogP contribution in [0.2, 0.25) is 0 Å². The fourth-order valence-corrected chi connectivity index (χ4v) is 6.39. The zero-order valence-electron chi connectivity index (χ0n) is 30.7. The number of amides is 2. The predicted molar refractivity (Wildman–Crippen MR) is 197 cm³/mol. The van der Waals surface area contributed by atoms with Crippen molar-refractivity contribution in [2.75, 3.05) is 39.9 Å². The maximum atomic E-state index is 14.4. The Morgan fingerprint density at radius 2 is 1.62 bits per heavy atom. The maximum absolute atomic E-state index is 14.4. The smallest absolute Gasteiger partial charge is 0.226 e. The summed E-state index contributed by atoms with van der Waals surface area (Å²) >= 11 is 0. The SMILES string of the molecule is CCCCC(=O)C[C@@H](CCN)C(=O)N(C)[C@@H]1C(=O)C[C@@H](C)C(=O)N[C@H](C(=O)CCC#N)Cc2ccc(OCCN)c(c2)-c2cc1ccc2OCCN. The summed E-state index contributed by atoms with van der Waals surface area (Å²) < 4.78 is 12.1. The van der Waals surface area contributed by atoms with Gasteiger partial charge in [0, 0.05) is 75.2 Å². The molecule has 0 radical (unpaired) electrons. The molecular formula is C39H54N6O7. The Kier molecular flexibility index (Phi) is 16.9. The van der Waals surface area contributed by atoms with Gasteiger partial charge in [-0.25, -0.2) is 0 Å². The molecular weight excluding hydrogens is 664 g/mol. The molecule has 1 aliphatic rings. The Bertz CT molecular complexity index is 1610. The first-order valence-electron chi connectivity index (χ1n) is 18.1. The summed E-state index contributed by atoms with van der Waals surface area (Å²) in [6.07, 6.45) is 1.98. The summed E-state index contributed by atoms with van der Waals surface area (Å²) in [5.74, 6) is -2.39. The van der Waals surface area contributed by atoms with E-state index < -0.39 is 41.5 Å². The Balaban J connectivity index is 2.27. The number of likely N-dealkylation sites (N-methyl/N-ethyl adjacent to an activating group) is 1. The molecule has 4 bridgehead atoms. The summed E-state index contributed by atoms with van der Waals surface area (Å²) in [4.78, 5) is 69.6. The highest BCUT2D eigenvalue weighted by molar-refractivity contribution is 5.96. The predicted octanol–water partition coefficient (Wildman–Crippen LogP) is 3.15. The van der Waals surface area contributed by atoms with Gasteiger partial charge in [-0.2, -0.15) is 5.26 Å². The highest BCUT2D eigenvalue weighted by Crippen LogP contribution is 2.40. The number of fused-ring (bicyclic) bond motifs is 5. The second-order valence-corrected chi connectivity index (χ2v) is 13.3. The van der Waals surface area contributed by atoms with Gasteiger partial charge >= 0.3 is 0 Å². The van der Waals surface area contributed by atoms with E-state index in [0.717, 1.165) is 6.42 Å². The van der Waals surface area contributed by atoms with Gasteiger partial charge in [0.15, 0.2) is 11.6 Å². The molecule has 0 saturated heterocycles. The molecule has 2 aromatic rings. The lowest BCUT2D eigenvalue weighted by Crippen LogP contribution is -2.46. The van der Waals surface area contributed by atoms with E-state index in [-0.39, 0.29) is 82.9 Å². The molecule has 1 aliphatic heterocycles. The van der Waals surface area contributed by atoms with Gasteiger partial charge in [-0.15, -0.1) is 0 Å². The molecule has 0 unspecified atom stereocenters. The maximum Gasteiger partial charge on any atom is 0.226 e. The number of hydrogen-bond donors (Lipinski definition) is 4. The van der Waals surface area contributed by atoms with Crippen molar-refractivity contribution in [2.45, 2.75) is 83.7 Å². The molecule has 0 spiro atoms. The van der Waals surface area contributed by atoms with Crippen LogP contribution < -0.4 is 32.0 Å². The first-order valence-corrected chi connectivity index (χ1v) is 18.1. The number of benzene rings is 2. The van der Waals surface area contributed by atoms with E-state index in [4.69, 9.17) is 31.9 Å². The minimum Gasteiger partial charge on any atom is -0.492 e. The number of hydrogen-bond acceptors (Lipinski definition) is 11. The van der Waals surface area contributed by atoms with Crippen molar-refractivity contribution >= 4 is 29.2 Å². The van der Waals surface area contributed by atoms with E-state index in [1.807, 2.05) is 19.1 Å². The average molecular weight is 719 g/mol. The lowest BCUT2D eigenvalue weighted by atomic mass is 9.88. The summed E-state index contributed by atoms with van der Waals surface area (Å²) in [5.41, 5.74) is 19.8. The second kappa shape index (κ2) is 21.0. The fraction of sp³-hybridized carbons (Fsp3) is 0.538. The van der Waals surface area contributed by atoms with Crippen LogP contribution in [-0.4, -0.2) is 80.0 Å². The molecule has 282 valence electrons. The summed E-state index contributed by atoms with van der Waals surface area (Å²) in [6, 6.07) is 10.4. The Hall–Kier alpha value is -4.64. The van der Waals surface area contributed by atoms with Crippen molar-refractivity contribution in [1.29, 1.82) is 5.26 Å². The molecule has 4 atom stereocenters. The van der Waals surface area contributed by atoms with Crippen LogP contribution in [0.4, 0.5) is 0 Å². The first-order chi connectivity index (χ1) is 25.0. The number of Topliss-reactive ketones (excluding diaryl/α,β-unsaturated/α-hetero) is 3. The van der Waals surface area contributed by atoms with Crippen LogP contribution in [0, 0.1) is 23.2 Å². The van der Waals surface area contributed by atoms with E-state index in [2.05, 4.69) is 5.32 Å². The number of nitrogens with two attached hydrogens (primary N) is 3. The van der Waals surface area contributed by atoms with Crippen LogP contribution >= 0.6 is 0 Å². The van der Waals surface area contributed by atoms with Crippen LogP contribution in [0.1, 0.15) is 82.4 Å². The first kappa shape index (κ1) is 41.8. The number of carbonyl (C=O) groups is 5. The molecule has 0 aromatic heterocycles. The van der Waals surface area contributed by atoms with Crippen LogP contribution in [0.25, 0.3) is 11.1 Å². The largest absolute Gasteiger partial charge is 0.492 e. The number of nitrogens with one attached hydrogen (secondary N) is 1. The van der Waals surface area contributed by atoms with Gasteiger partial charge in [0.2, 0.25) is 11.8 Å². The third-order valence-corrected chi connectivity index (χ3v) is 9.17. The van der Waals surface area contributed by atoms with Gasteiger partial charge in [-0.05, 0) is 61.2 Å².